The number of nitrogens with one attached hydrogen (secondary N) is 1. The lowest BCUT2D eigenvalue weighted by atomic mass is 10.2. The molecule has 182 valence electrons. The first kappa shape index (κ1) is 25.2. The number of carbonyl (C=O) groups is 3. The molecule has 3 rings (SSSR count). The molecule has 35 heavy (non-hydrogen) atoms. The SMILES string of the molecule is CCOC(=O)c1ccccc1NC(=O)COc1cc(=O)n(-c2ccccc2C)nc1C(=O)OCC. The number of ether oxygens (including phenoxy) is 3. The van der Waals surface area contributed by atoms with Crippen molar-refractivity contribution in [3.8, 4) is 11.4 Å². The summed E-state index contributed by atoms with van der Waals surface area (Å²) in [7, 11) is 0. The number of rotatable bonds is 9. The molecule has 1 N–H and O–H groups in total. The Kier molecular flexibility index (Phi) is 8.33. The zero-order valence-electron chi connectivity index (χ0n) is 19.6. The molecule has 0 unspecified atom stereocenters. The summed E-state index contributed by atoms with van der Waals surface area (Å²) in [5.74, 6) is -2.22. The van der Waals surface area contributed by atoms with E-state index in [2.05, 4.69) is 10.4 Å². The maximum absolute atomic E-state index is 12.8. The Morgan fingerprint density at radius 3 is 2.31 bits per heavy atom. The van der Waals surface area contributed by atoms with Gasteiger partial charge in [-0.05, 0) is 44.5 Å². The van der Waals surface area contributed by atoms with E-state index in [4.69, 9.17) is 14.2 Å². The summed E-state index contributed by atoms with van der Waals surface area (Å²) < 4.78 is 16.6. The van der Waals surface area contributed by atoms with Crippen LogP contribution >= 0.6 is 0 Å². The monoisotopic (exact) mass is 479 g/mol. The van der Waals surface area contributed by atoms with Crippen molar-refractivity contribution in [3.05, 3.63) is 81.8 Å². The molecule has 0 bridgehead atoms. The van der Waals surface area contributed by atoms with Crippen LogP contribution in [0.15, 0.2) is 59.4 Å². The number of benzene rings is 2. The number of hydrogen-bond donors (Lipinski definition) is 1. The van der Waals surface area contributed by atoms with Gasteiger partial charge in [-0.15, -0.1) is 0 Å². The number of amides is 1. The van der Waals surface area contributed by atoms with Crippen LogP contribution in [0.1, 0.15) is 40.3 Å². The predicted molar refractivity (Wildman–Crippen MR) is 127 cm³/mol. The van der Waals surface area contributed by atoms with Gasteiger partial charge in [-0.1, -0.05) is 30.3 Å². The van der Waals surface area contributed by atoms with E-state index in [1.54, 1.807) is 57.2 Å². The number of para-hydroxylation sites is 2. The fourth-order valence-electron chi connectivity index (χ4n) is 3.17. The van der Waals surface area contributed by atoms with Crippen molar-refractivity contribution in [1.82, 2.24) is 9.78 Å². The van der Waals surface area contributed by atoms with Crippen LogP contribution in [0.4, 0.5) is 5.69 Å². The molecule has 0 aliphatic heterocycles. The molecule has 0 radical (unpaired) electrons. The summed E-state index contributed by atoms with van der Waals surface area (Å²) in [4.78, 5) is 49.9. The summed E-state index contributed by atoms with van der Waals surface area (Å²) in [6.45, 7) is 4.81. The predicted octanol–water partition coefficient (Wildman–Crippen LogP) is 2.91. The third-order valence-electron chi connectivity index (χ3n) is 4.76. The van der Waals surface area contributed by atoms with Gasteiger partial charge in [0, 0.05) is 0 Å². The summed E-state index contributed by atoms with van der Waals surface area (Å²) in [6.07, 6.45) is 0. The molecule has 3 aromatic rings. The summed E-state index contributed by atoms with van der Waals surface area (Å²) in [5.41, 5.74) is 0.855. The first-order valence-electron chi connectivity index (χ1n) is 10.9. The van der Waals surface area contributed by atoms with E-state index in [0.29, 0.717) is 5.69 Å². The van der Waals surface area contributed by atoms with E-state index < -0.39 is 30.0 Å². The van der Waals surface area contributed by atoms with Gasteiger partial charge in [0.1, 0.15) is 0 Å². The maximum Gasteiger partial charge on any atom is 0.362 e. The third-order valence-corrected chi connectivity index (χ3v) is 4.76. The van der Waals surface area contributed by atoms with Gasteiger partial charge in [-0.2, -0.15) is 9.78 Å². The van der Waals surface area contributed by atoms with Gasteiger partial charge >= 0.3 is 11.9 Å². The highest BCUT2D eigenvalue weighted by Gasteiger charge is 2.21. The molecular weight excluding hydrogens is 454 g/mol. The average molecular weight is 479 g/mol. The van der Waals surface area contributed by atoms with Gasteiger partial charge in [0.25, 0.3) is 11.5 Å². The quantitative estimate of drug-likeness (QED) is 0.465. The molecule has 2 aromatic carbocycles. The Hall–Kier alpha value is -4.47. The third kappa shape index (κ3) is 6.11. The van der Waals surface area contributed by atoms with Crippen molar-refractivity contribution in [3.63, 3.8) is 0 Å². The zero-order chi connectivity index (χ0) is 25.4. The standard InChI is InChI=1S/C25H25N3O7/c1-4-33-24(31)17-11-7-8-12-18(17)26-21(29)15-35-20-14-22(30)28(19-13-9-6-10-16(19)3)27-23(20)25(32)34-5-2/h6-14H,4-5,15H2,1-3H3,(H,26,29). The van der Waals surface area contributed by atoms with E-state index in [0.717, 1.165) is 16.3 Å². The van der Waals surface area contributed by atoms with Crippen LogP contribution in [0.5, 0.6) is 5.75 Å². The second kappa shape index (κ2) is 11.6. The molecule has 0 saturated carbocycles. The molecule has 10 nitrogen and oxygen atoms in total. The van der Waals surface area contributed by atoms with Gasteiger partial charge in [-0.25, -0.2) is 9.59 Å². The zero-order valence-corrected chi connectivity index (χ0v) is 19.6. The minimum absolute atomic E-state index is 0.0780. The van der Waals surface area contributed by atoms with Crippen molar-refractivity contribution in [1.29, 1.82) is 0 Å². The van der Waals surface area contributed by atoms with Gasteiger partial charge in [0.2, 0.25) is 5.69 Å². The Balaban J connectivity index is 1.85. The van der Waals surface area contributed by atoms with Crippen LogP contribution in [0, 0.1) is 6.92 Å². The Bertz CT molecular complexity index is 1300. The van der Waals surface area contributed by atoms with E-state index >= 15 is 0 Å². The Morgan fingerprint density at radius 1 is 0.943 bits per heavy atom. The Labute approximate surface area is 201 Å². The Morgan fingerprint density at radius 2 is 1.60 bits per heavy atom. The highest BCUT2D eigenvalue weighted by molar-refractivity contribution is 6.01. The summed E-state index contributed by atoms with van der Waals surface area (Å²) in [6, 6.07) is 14.5. The molecule has 10 heteroatoms. The van der Waals surface area contributed by atoms with E-state index in [1.807, 2.05) is 6.07 Å². The van der Waals surface area contributed by atoms with Crippen molar-refractivity contribution in [2.45, 2.75) is 20.8 Å². The minimum Gasteiger partial charge on any atom is -0.481 e. The smallest absolute Gasteiger partial charge is 0.362 e. The highest BCUT2D eigenvalue weighted by Crippen LogP contribution is 2.19. The fourth-order valence-corrected chi connectivity index (χ4v) is 3.17. The maximum atomic E-state index is 12.8. The minimum atomic E-state index is -0.808. The first-order chi connectivity index (χ1) is 16.8. The molecule has 0 aliphatic rings. The lowest BCUT2D eigenvalue weighted by Crippen LogP contribution is -2.27. The largest absolute Gasteiger partial charge is 0.481 e. The summed E-state index contributed by atoms with van der Waals surface area (Å²) in [5, 5.41) is 6.72. The lowest BCUT2D eigenvalue weighted by molar-refractivity contribution is -0.118. The molecule has 0 aliphatic carbocycles. The van der Waals surface area contributed by atoms with Crippen LogP contribution in [0.25, 0.3) is 5.69 Å². The number of nitrogens with zero attached hydrogens (tertiary/aromatic N) is 2. The van der Waals surface area contributed by atoms with E-state index in [1.165, 1.54) is 6.07 Å². The molecule has 1 heterocycles. The van der Waals surface area contributed by atoms with Crippen molar-refractivity contribution >= 4 is 23.5 Å². The number of esters is 2. The second-order valence-corrected chi connectivity index (χ2v) is 7.22. The van der Waals surface area contributed by atoms with E-state index in [-0.39, 0.29) is 35.9 Å². The van der Waals surface area contributed by atoms with Crippen LogP contribution in [0.3, 0.4) is 0 Å². The molecular formula is C25H25N3O7. The van der Waals surface area contributed by atoms with Crippen LogP contribution in [-0.2, 0) is 14.3 Å². The van der Waals surface area contributed by atoms with Gasteiger partial charge in [-0.3, -0.25) is 9.59 Å². The number of carbonyl (C=O) groups excluding carboxylic acids is 3. The molecule has 0 saturated heterocycles. The molecule has 0 fully saturated rings. The van der Waals surface area contributed by atoms with Gasteiger partial charge in [0.15, 0.2) is 12.4 Å². The average Bonchev–Trinajstić information content (AvgIpc) is 2.84. The number of aromatic nitrogens is 2. The molecule has 0 spiro atoms. The molecule has 1 aromatic heterocycles. The number of anilines is 1. The highest BCUT2D eigenvalue weighted by atomic mass is 16.5. The van der Waals surface area contributed by atoms with Gasteiger partial charge < -0.3 is 19.5 Å². The van der Waals surface area contributed by atoms with Crippen molar-refractivity contribution in [2.75, 3.05) is 25.1 Å². The van der Waals surface area contributed by atoms with Crippen molar-refractivity contribution < 1.29 is 28.6 Å². The summed E-state index contributed by atoms with van der Waals surface area (Å²) >= 11 is 0. The van der Waals surface area contributed by atoms with Gasteiger partial charge in [0.05, 0.1) is 36.2 Å². The fraction of sp³-hybridized carbons (Fsp3) is 0.240. The number of aryl methyl sites for hydroxylation is 1. The van der Waals surface area contributed by atoms with Crippen LogP contribution in [-0.4, -0.2) is 47.4 Å². The second-order valence-electron chi connectivity index (χ2n) is 7.22. The number of hydrogen-bond acceptors (Lipinski definition) is 8. The van der Waals surface area contributed by atoms with E-state index in [9.17, 15) is 19.2 Å². The normalized spacial score (nSPS) is 10.4. The molecule has 1 amide bonds. The van der Waals surface area contributed by atoms with Crippen molar-refractivity contribution in [2.24, 2.45) is 0 Å². The molecule has 0 atom stereocenters. The topological polar surface area (TPSA) is 126 Å². The lowest BCUT2D eigenvalue weighted by Gasteiger charge is -2.14. The van der Waals surface area contributed by atoms with Crippen LogP contribution < -0.4 is 15.6 Å². The first-order valence-corrected chi connectivity index (χ1v) is 10.9. The van der Waals surface area contributed by atoms with Crippen LogP contribution in [0.2, 0.25) is 0 Å².